The van der Waals surface area contributed by atoms with Crippen LogP contribution >= 0.6 is 0 Å². The van der Waals surface area contributed by atoms with E-state index in [-0.39, 0.29) is 0 Å². The van der Waals surface area contributed by atoms with E-state index < -0.39 is 38.0 Å². The van der Waals surface area contributed by atoms with Crippen LogP contribution in [0, 0.1) is 0 Å². The summed E-state index contributed by atoms with van der Waals surface area (Å²) in [5.41, 5.74) is 0. The third kappa shape index (κ3) is 2.74. The first-order valence-electron chi connectivity index (χ1n) is 3.86. The first-order chi connectivity index (χ1) is 6.04. The van der Waals surface area contributed by atoms with E-state index in [2.05, 4.69) is 4.74 Å². The molecule has 0 saturated heterocycles. The van der Waals surface area contributed by atoms with Crippen LogP contribution in [0.4, 0.5) is 0 Å². The van der Waals surface area contributed by atoms with Gasteiger partial charge in [-0.2, -0.15) is 0 Å². The van der Waals surface area contributed by atoms with Crippen molar-refractivity contribution in [1.82, 2.24) is 0 Å². The Morgan fingerprint density at radius 2 is 2.17 bits per heavy atom. The first-order valence-corrected chi connectivity index (χ1v) is 3.15. The molecule has 0 aliphatic heterocycles. The molecule has 0 heterocycles. The van der Waals surface area contributed by atoms with Crippen LogP contribution in [-0.2, 0) is 9.53 Å². The van der Waals surface area contributed by atoms with Gasteiger partial charge in [-0.15, -0.1) is 0 Å². The molecule has 6 nitrogen and oxygen atoms in total. The maximum absolute atomic E-state index is 10.7. The first kappa shape index (κ1) is 9.40. The second-order valence-electron chi connectivity index (χ2n) is 2.15. The molecule has 0 aromatic heterocycles. The number of esters is 1. The van der Waals surface area contributed by atoms with Gasteiger partial charge in [-0.25, -0.2) is 4.79 Å². The highest BCUT2D eigenvalue weighted by Gasteiger charge is 2.30. The molecule has 0 fully saturated rings. The summed E-state index contributed by atoms with van der Waals surface area (Å²) >= 11 is 0. The van der Waals surface area contributed by atoms with Gasteiger partial charge in [0.25, 0.3) is 0 Å². The summed E-state index contributed by atoms with van der Waals surface area (Å²) in [6, 6.07) is 0. The van der Waals surface area contributed by atoms with Gasteiger partial charge in [0.2, 0.25) is 0 Å². The SMILES string of the molecule is [2H]COC(=O)[C@H](O)[C@H](O)[C@H](O)CO. The van der Waals surface area contributed by atoms with Gasteiger partial charge in [0.15, 0.2) is 6.10 Å². The van der Waals surface area contributed by atoms with Gasteiger partial charge < -0.3 is 25.2 Å². The topological polar surface area (TPSA) is 107 Å². The molecule has 0 unspecified atom stereocenters. The molecule has 0 aromatic carbocycles. The predicted molar refractivity (Wildman–Crippen MR) is 37.1 cm³/mol. The quantitative estimate of drug-likeness (QED) is 0.350. The van der Waals surface area contributed by atoms with Gasteiger partial charge in [0.1, 0.15) is 12.2 Å². The van der Waals surface area contributed by atoms with Gasteiger partial charge in [-0.1, -0.05) is 0 Å². The molecule has 0 aliphatic rings. The second-order valence-corrected chi connectivity index (χ2v) is 2.15. The minimum Gasteiger partial charge on any atom is -0.467 e. The molecule has 0 amide bonds. The molecule has 0 aliphatic carbocycles. The lowest BCUT2D eigenvalue weighted by atomic mass is 10.1. The fourth-order valence-electron chi connectivity index (χ4n) is 0.543. The Bertz CT molecular complexity index is 163. The molecular weight excluding hydrogens is 168 g/mol. The molecule has 0 aromatic rings. The number of rotatable bonds is 4. The van der Waals surface area contributed by atoms with Gasteiger partial charge in [0.05, 0.1) is 15.1 Å². The van der Waals surface area contributed by atoms with Crippen molar-refractivity contribution >= 4 is 5.97 Å². The van der Waals surface area contributed by atoms with E-state index in [4.69, 9.17) is 21.8 Å². The predicted octanol–water partition coefficient (Wildman–Crippen LogP) is -2.77. The maximum Gasteiger partial charge on any atom is 0.337 e. The van der Waals surface area contributed by atoms with Crippen LogP contribution in [0.25, 0.3) is 0 Å². The number of ether oxygens (including phenoxy) is 1. The van der Waals surface area contributed by atoms with E-state index in [1.165, 1.54) is 0 Å². The van der Waals surface area contributed by atoms with Crippen LogP contribution in [0.3, 0.4) is 0 Å². The highest BCUT2D eigenvalue weighted by molar-refractivity contribution is 5.74. The van der Waals surface area contributed by atoms with Crippen LogP contribution < -0.4 is 0 Å². The number of carbonyl (C=O) groups is 1. The third-order valence-corrected chi connectivity index (χ3v) is 1.29. The maximum atomic E-state index is 10.7. The molecular formula is C6H12O6. The molecule has 3 atom stereocenters. The summed E-state index contributed by atoms with van der Waals surface area (Å²) in [6.07, 6.45) is -5.38. The molecule has 4 N–H and O–H groups in total. The lowest BCUT2D eigenvalue weighted by Crippen LogP contribution is -2.44. The fourth-order valence-corrected chi connectivity index (χ4v) is 0.543. The van der Waals surface area contributed by atoms with Crippen LogP contribution in [0.2, 0.25) is 0 Å². The van der Waals surface area contributed by atoms with E-state index in [9.17, 15) is 4.79 Å². The summed E-state index contributed by atoms with van der Waals surface area (Å²) in [5, 5.41) is 35.1. The summed E-state index contributed by atoms with van der Waals surface area (Å²) < 4.78 is 10.5. The van der Waals surface area contributed by atoms with E-state index in [0.29, 0.717) is 0 Å². The van der Waals surface area contributed by atoms with Gasteiger partial charge in [0, 0.05) is 0 Å². The Balaban J connectivity index is 4.07. The minimum atomic E-state index is -1.95. The Morgan fingerprint density at radius 3 is 2.58 bits per heavy atom. The second kappa shape index (κ2) is 5.04. The molecule has 72 valence electrons. The van der Waals surface area contributed by atoms with Crippen molar-refractivity contribution in [3.05, 3.63) is 0 Å². The standard InChI is InChI=1S/C6H12O6/c1-12-6(11)5(10)4(9)3(8)2-7/h3-5,7-10H,2H2,1H3/t3-,4-,5-/m1/s1/i1D. The van der Waals surface area contributed by atoms with Crippen molar-refractivity contribution in [2.24, 2.45) is 0 Å². The number of hydrogen-bond donors (Lipinski definition) is 4. The zero-order valence-corrected chi connectivity index (χ0v) is 6.25. The molecule has 0 spiro atoms. The van der Waals surface area contributed by atoms with E-state index in [0.717, 1.165) is 0 Å². The summed E-state index contributed by atoms with van der Waals surface area (Å²) in [7, 11) is -0.683. The molecule has 0 bridgehead atoms. The Hall–Kier alpha value is -0.690. The summed E-state index contributed by atoms with van der Waals surface area (Å²) in [5.74, 6) is -1.21. The third-order valence-electron chi connectivity index (χ3n) is 1.29. The molecule has 12 heavy (non-hydrogen) atoms. The minimum absolute atomic E-state index is 0.683. The average Bonchev–Trinajstić information content (AvgIpc) is 2.14. The van der Waals surface area contributed by atoms with Crippen molar-refractivity contribution < 1.29 is 31.3 Å². The largest absolute Gasteiger partial charge is 0.467 e. The van der Waals surface area contributed by atoms with E-state index >= 15 is 0 Å². The highest BCUT2D eigenvalue weighted by Crippen LogP contribution is 2.01. The normalized spacial score (nSPS) is 19.2. The number of carbonyl (C=O) groups excluding carboxylic acids is 1. The molecule has 0 rings (SSSR count). The van der Waals surface area contributed by atoms with Gasteiger partial charge >= 0.3 is 5.97 Å². The highest BCUT2D eigenvalue weighted by atomic mass is 16.5. The average molecular weight is 181 g/mol. The Kier molecular flexibility index (Phi) is 3.95. The molecule has 6 heteroatoms. The zero-order valence-electron chi connectivity index (χ0n) is 7.25. The smallest absolute Gasteiger partial charge is 0.337 e. The van der Waals surface area contributed by atoms with Gasteiger partial charge in [-0.05, 0) is 0 Å². The van der Waals surface area contributed by atoms with Crippen LogP contribution in [0.5, 0.6) is 0 Å². The lowest BCUT2D eigenvalue weighted by molar-refractivity contribution is -0.162. The van der Waals surface area contributed by atoms with Gasteiger partial charge in [-0.3, -0.25) is 0 Å². The van der Waals surface area contributed by atoms with Crippen LogP contribution in [0.1, 0.15) is 1.37 Å². The Labute approximate surface area is 70.4 Å². The number of aliphatic hydroxyl groups excluding tert-OH is 4. The van der Waals surface area contributed by atoms with E-state index in [1.807, 2.05) is 0 Å². The van der Waals surface area contributed by atoms with Crippen molar-refractivity contribution in [1.29, 1.82) is 0 Å². The number of methoxy groups -OCH3 is 1. The molecule has 0 radical (unpaired) electrons. The Morgan fingerprint density at radius 1 is 1.58 bits per heavy atom. The van der Waals surface area contributed by atoms with Crippen molar-refractivity contribution in [2.45, 2.75) is 18.3 Å². The van der Waals surface area contributed by atoms with Crippen molar-refractivity contribution in [2.75, 3.05) is 13.7 Å². The number of aliphatic hydroxyl groups is 4. The zero-order chi connectivity index (χ0) is 10.4. The summed E-state index contributed by atoms with van der Waals surface area (Å²) in [6.45, 7) is -0.785. The molecule has 0 saturated carbocycles. The summed E-state index contributed by atoms with van der Waals surface area (Å²) in [4.78, 5) is 10.7. The number of hydrogen-bond acceptors (Lipinski definition) is 6. The van der Waals surface area contributed by atoms with Crippen LogP contribution in [-0.4, -0.2) is 58.4 Å². The monoisotopic (exact) mass is 181 g/mol. The fraction of sp³-hybridized carbons (Fsp3) is 0.833. The van der Waals surface area contributed by atoms with E-state index in [1.54, 1.807) is 0 Å². The van der Waals surface area contributed by atoms with Crippen LogP contribution in [0.15, 0.2) is 0 Å². The van der Waals surface area contributed by atoms with Crippen molar-refractivity contribution in [3.63, 3.8) is 0 Å². The lowest BCUT2D eigenvalue weighted by Gasteiger charge is -2.19. The van der Waals surface area contributed by atoms with Crippen molar-refractivity contribution in [3.8, 4) is 0 Å².